The van der Waals surface area contributed by atoms with Crippen molar-refractivity contribution in [2.24, 2.45) is 11.7 Å². The van der Waals surface area contributed by atoms with Crippen molar-refractivity contribution < 1.29 is 0 Å². The molecule has 0 aliphatic heterocycles. The highest BCUT2D eigenvalue weighted by Gasteiger charge is 2.19. The van der Waals surface area contributed by atoms with Crippen molar-refractivity contribution in [3.63, 3.8) is 0 Å². The molecule has 1 aromatic heterocycles. The molecule has 2 N–H and O–H groups in total. The van der Waals surface area contributed by atoms with Gasteiger partial charge in [0, 0.05) is 31.5 Å². The lowest BCUT2D eigenvalue weighted by atomic mass is 9.86. The average molecular weight is 298 g/mol. The lowest BCUT2D eigenvalue weighted by Gasteiger charge is -2.29. The molecule has 0 amide bonds. The molecule has 0 radical (unpaired) electrons. The number of hydrogen-bond acceptors (Lipinski definition) is 3. The van der Waals surface area contributed by atoms with Crippen LogP contribution in [0.4, 0.5) is 0 Å². The molecule has 22 heavy (non-hydrogen) atoms. The van der Waals surface area contributed by atoms with Crippen LogP contribution >= 0.6 is 0 Å². The molecule has 3 rings (SSSR count). The average Bonchev–Trinajstić information content (AvgIpc) is 3.05. The Labute approximate surface area is 132 Å². The van der Waals surface area contributed by atoms with Gasteiger partial charge < -0.3 is 10.6 Å². The van der Waals surface area contributed by atoms with Crippen molar-refractivity contribution in [3.8, 4) is 5.69 Å². The quantitative estimate of drug-likeness (QED) is 0.923. The summed E-state index contributed by atoms with van der Waals surface area (Å²) in [7, 11) is 2.22. The van der Waals surface area contributed by atoms with E-state index in [0.29, 0.717) is 6.04 Å². The van der Waals surface area contributed by atoms with Crippen molar-refractivity contribution >= 4 is 0 Å². The van der Waals surface area contributed by atoms with E-state index < -0.39 is 0 Å². The Bertz CT molecular complexity index is 553. The van der Waals surface area contributed by atoms with Gasteiger partial charge in [0.15, 0.2) is 0 Å². The number of nitrogens with zero attached hydrogens (tertiary/aromatic N) is 3. The summed E-state index contributed by atoms with van der Waals surface area (Å²) in [6.07, 6.45) is 8.72. The van der Waals surface area contributed by atoms with Gasteiger partial charge in [0.25, 0.3) is 0 Å². The summed E-state index contributed by atoms with van der Waals surface area (Å²) in [4.78, 5) is 2.43. The second-order valence-corrected chi connectivity index (χ2v) is 6.59. The van der Waals surface area contributed by atoms with E-state index >= 15 is 0 Å². The van der Waals surface area contributed by atoms with Crippen LogP contribution in [0.2, 0.25) is 0 Å². The van der Waals surface area contributed by atoms with E-state index in [4.69, 9.17) is 5.73 Å². The zero-order valence-corrected chi connectivity index (χ0v) is 13.4. The number of nitrogens with two attached hydrogens (primary N) is 1. The summed E-state index contributed by atoms with van der Waals surface area (Å²) in [5.41, 5.74) is 8.45. The van der Waals surface area contributed by atoms with Gasteiger partial charge in [-0.15, -0.1) is 0 Å². The maximum absolute atomic E-state index is 5.98. The van der Waals surface area contributed by atoms with Gasteiger partial charge in [-0.2, -0.15) is 5.10 Å². The first-order valence-corrected chi connectivity index (χ1v) is 8.24. The second kappa shape index (κ2) is 7.07. The van der Waals surface area contributed by atoms with Crippen LogP contribution in [0, 0.1) is 5.92 Å². The number of benzene rings is 1. The third kappa shape index (κ3) is 3.96. The lowest BCUT2D eigenvalue weighted by Crippen LogP contribution is -2.32. The van der Waals surface area contributed by atoms with Crippen molar-refractivity contribution in [1.29, 1.82) is 0 Å². The molecule has 0 bridgehead atoms. The lowest BCUT2D eigenvalue weighted by molar-refractivity contribution is 0.219. The van der Waals surface area contributed by atoms with Gasteiger partial charge >= 0.3 is 0 Å². The molecule has 118 valence electrons. The topological polar surface area (TPSA) is 47.1 Å². The third-order valence-electron chi connectivity index (χ3n) is 4.62. The Morgan fingerprint density at radius 2 is 1.91 bits per heavy atom. The van der Waals surface area contributed by atoms with Crippen LogP contribution in [0.15, 0.2) is 42.7 Å². The molecule has 0 spiro atoms. The second-order valence-electron chi connectivity index (χ2n) is 6.59. The Kier molecular flexibility index (Phi) is 4.90. The van der Waals surface area contributed by atoms with Crippen LogP contribution < -0.4 is 5.73 Å². The van der Waals surface area contributed by atoms with Gasteiger partial charge in [0.2, 0.25) is 0 Å². The van der Waals surface area contributed by atoms with Crippen LogP contribution in [-0.2, 0) is 6.54 Å². The zero-order valence-electron chi connectivity index (χ0n) is 13.4. The Balaban J connectivity index is 1.52. The van der Waals surface area contributed by atoms with E-state index in [1.54, 1.807) is 6.20 Å². The number of rotatable bonds is 5. The molecule has 1 aliphatic carbocycles. The maximum Gasteiger partial charge on any atom is 0.0645 e. The predicted molar refractivity (Wildman–Crippen MR) is 89.8 cm³/mol. The first kappa shape index (κ1) is 15.3. The van der Waals surface area contributed by atoms with Gasteiger partial charge in [-0.3, -0.25) is 0 Å². The van der Waals surface area contributed by atoms with E-state index in [9.17, 15) is 0 Å². The predicted octanol–water partition coefficient (Wildman–Crippen LogP) is 2.82. The van der Waals surface area contributed by atoms with Crippen molar-refractivity contribution in [2.75, 3.05) is 13.6 Å². The largest absolute Gasteiger partial charge is 0.328 e. The smallest absolute Gasteiger partial charge is 0.0645 e. The third-order valence-corrected chi connectivity index (χ3v) is 4.62. The molecule has 1 heterocycles. The first-order chi connectivity index (χ1) is 10.7. The summed E-state index contributed by atoms with van der Waals surface area (Å²) in [6, 6.07) is 11.1. The zero-order chi connectivity index (χ0) is 15.4. The minimum atomic E-state index is 0.441. The van der Waals surface area contributed by atoms with Crippen molar-refractivity contribution in [1.82, 2.24) is 14.7 Å². The first-order valence-electron chi connectivity index (χ1n) is 8.24. The molecule has 1 saturated carbocycles. The molecule has 4 heteroatoms. The fourth-order valence-electron chi connectivity index (χ4n) is 3.36. The van der Waals surface area contributed by atoms with E-state index in [2.05, 4.69) is 41.3 Å². The van der Waals surface area contributed by atoms with Gasteiger partial charge in [-0.25, -0.2) is 4.68 Å². The Hall–Kier alpha value is -1.65. The van der Waals surface area contributed by atoms with E-state index in [1.165, 1.54) is 37.8 Å². The molecular weight excluding hydrogens is 272 g/mol. The Morgan fingerprint density at radius 3 is 2.55 bits per heavy atom. The molecule has 1 aliphatic rings. The number of hydrogen-bond donors (Lipinski definition) is 1. The molecule has 0 unspecified atom stereocenters. The van der Waals surface area contributed by atoms with Gasteiger partial charge in [0.1, 0.15) is 0 Å². The summed E-state index contributed by atoms with van der Waals surface area (Å²) in [5, 5.41) is 4.26. The molecule has 0 saturated heterocycles. The van der Waals surface area contributed by atoms with Crippen LogP contribution in [0.3, 0.4) is 0 Å². The van der Waals surface area contributed by atoms with Gasteiger partial charge in [-0.05, 0) is 62.4 Å². The highest BCUT2D eigenvalue weighted by molar-refractivity contribution is 5.33. The van der Waals surface area contributed by atoms with Crippen molar-refractivity contribution in [3.05, 3.63) is 48.3 Å². The summed E-state index contributed by atoms with van der Waals surface area (Å²) in [6.45, 7) is 2.18. The summed E-state index contributed by atoms with van der Waals surface area (Å²) < 4.78 is 1.89. The van der Waals surface area contributed by atoms with Crippen LogP contribution in [0.5, 0.6) is 0 Å². The van der Waals surface area contributed by atoms with Gasteiger partial charge in [0.05, 0.1) is 5.69 Å². The minimum Gasteiger partial charge on any atom is -0.328 e. The Morgan fingerprint density at radius 1 is 1.18 bits per heavy atom. The maximum atomic E-state index is 5.98. The highest BCUT2D eigenvalue weighted by atomic mass is 15.3. The SMILES string of the molecule is CN(Cc1ccc(-n2cccn2)cc1)CC1CCC(N)CC1. The monoisotopic (exact) mass is 298 g/mol. The molecule has 1 fully saturated rings. The molecule has 2 aromatic rings. The molecule has 4 nitrogen and oxygen atoms in total. The molecule has 0 atom stereocenters. The normalized spacial score (nSPS) is 22.1. The number of aromatic nitrogens is 2. The summed E-state index contributed by atoms with van der Waals surface area (Å²) in [5.74, 6) is 0.813. The van der Waals surface area contributed by atoms with Crippen LogP contribution in [-0.4, -0.2) is 34.3 Å². The standard InChI is InChI=1S/C18H26N4/c1-21(13-15-3-7-17(19)8-4-15)14-16-5-9-18(10-6-16)22-12-2-11-20-22/h2,5-6,9-12,15,17H,3-4,7-8,13-14,19H2,1H3. The van der Waals surface area contributed by atoms with E-state index in [0.717, 1.165) is 18.2 Å². The van der Waals surface area contributed by atoms with E-state index in [-0.39, 0.29) is 0 Å². The fourth-order valence-corrected chi connectivity index (χ4v) is 3.36. The highest BCUT2D eigenvalue weighted by Crippen LogP contribution is 2.24. The van der Waals surface area contributed by atoms with Crippen molar-refractivity contribution in [2.45, 2.75) is 38.3 Å². The van der Waals surface area contributed by atoms with Crippen LogP contribution in [0.25, 0.3) is 5.69 Å². The van der Waals surface area contributed by atoms with E-state index in [1.807, 2.05) is 16.9 Å². The minimum absolute atomic E-state index is 0.441. The molecular formula is C18H26N4. The van der Waals surface area contributed by atoms with Gasteiger partial charge in [-0.1, -0.05) is 12.1 Å². The fraction of sp³-hybridized carbons (Fsp3) is 0.500. The van der Waals surface area contributed by atoms with Crippen LogP contribution in [0.1, 0.15) is 31.2 Å². The summed E-state index contributed by atoms with van der Waals surface area (Å²) >= 11 is 0. The molecule has 1 aromatic carbocycles.